The highest BCUT2D eigenvalue weighted by molar-refractivity contribution is 5.97. The Morgan fingerprint density at radius 1 is 0.958 bits per heavy atom. The lowest BCUT2D eigenvalue weighted by Crippen LogP contribution is -2.43. The predicted octanol–water partition coefficient (Wildman–Crippen LogP) is 2.86. The molecule has 0 bridgehead atoms. The van der Waals surface area contributed by atoms with Crippen LogP contribution in [0.3, 0.4) is 0 Å². The molecule has 0 aromatic heterocycles. The van der Waals surface area contributed by atoms with Gasteiger partial charge in [0.2, 0.25) is 5.91 Å². The summed E-state index contributed by atoms with van der Waals surface area (Å²) in [6.45, 7) is 0.901. The third-order valence-corrected chi connectivity index (χ3v) is 4.73. The molecule has 1 aromatic carbocycles. The molecule has 3 N–H and O–H groups in total. The summed E-state index contributed by atoms with van der Waals surface area (Å²) >= 11 is 0. The first-order valence-electron chi connectivity index (χ1n) is 8.67. The Morgan fingerprint density at radius 2 is 1.62 bits per heavy atom. The van der Waals surface area contributed by atoms with E-state index in [1.807, 2.05) is 0 Å². The standard InChI is InChI=1S/C18H25N3O2.ClH/c22-17(20-14-5-1-2-6-14)13-8-10-15(11-9-13)21-18(23)16-7-3-4-12-19-16;/h8-11,14,16,19H,1-7,12H2,(H,20,22)(H,21,23);1H. The van der Waals surface area contributed by atoms with Gasteiger partial charge >= 0.3 is 0 Å². The van der Waals surface area contributed by atoms with Crippen molar-refractivity contribution in [3.63, 3.8) is 0 Å². The largest absolute Gasteiger partial charge is 0.349 e. The van der Waals surface area contributed by atoms with E-state index in [1.165, 1.54) is 12.8 Å². The minimum Gasteiger partial charge on any atom is -0.349 e. The van der Waals surface area contributed by atoms with Crippen molar-refractivity contribution in [3.05, 3.63) is 29.8 Å². The van der Waals surface area contributed by atoms with E-state index in [1.54, 1.807) is 24.3 Å². The zero-order valence-corrected chi connectivity index (χ0v) is 14.7. The Balaban J connectivity index is 0.00000208. The second-order valence-electron chi connectivity index (χ2n) is 6.52. The van der Waals surface area contributed by atoms with Gasteiger partial charge in [-0.3, -0.25) is 9.59 Å². The molecule has 2 fully saturated rings. The van der Waals surface area contributed by atoms with Gasteiger partial charge in [-0.25, -0.2) is 0 Å². The van der Waals surface area contributed by atoms with E-state index in [4.69, 9.17) is 0 Å². The smallest absolute Gasteiger partial charge is 0.251 e. The summed E-state index contributed by atoms with van der Waals surface area (Å²) in [5.41, 5.74) is 1.38. The monoisotopic (exact) mass is 351 g/mol. The average Bonchev–Trinajstić information content (AvgIpc) is 3.09. The lowest BCUT2D eigenvalue weighted by Gasteiger charge is -2.22. The van der Waals surface area contributed by atoms with Crippen molar-refractivity contribution < 1.29 is 9.59 Å². The Labute approximate surface area is 149 Å². The normalized spacial score (nSPS) is 20.9. The summed E-state index contributed by atoms with van der Waals surface area (Å²) in [5.74, 6) is -0.0171. The summed E-state index contributed by atoms with van der Waals surface area (Å²) < 4.78 is 0. The third-order valence-electron chi connectivity index (χ3n) is 4.73. The van der Waals surface area contributed by atoms with Crippen LogP contribution in [0.15, 0.2) is 24.3 Å². The topological polar surface area (TPSA) is 70.2 Å². The van der Waals surface area contributed by atoms with E-state index >= 15 is 0 Å². The number of hydrogen-bond acceptors (Lipinski definition) is 3. The molecule has 1 aromatic rings. The zero-order chi connectivity index (χ0) is 16.1. The van der Waals surface area contributed by atoms with Gasteiger partial charge in [-0.1, -0.05) is 19.3 Å². The fraction of sp³-hybridized carbons (Fsp3) is 0.556. The molecule has 24 heavy (non-hydrogen) atoms. The van der Waals surface area contributed by atoms with Gasteiger partial charge in [0.1, 0.15) is 0 Å². The van der Waals surface area contributed by atoms with Gasteiger partial charge in [0, 0.05) is 17.3 Å². The maximum atomic E-state index is 12.2. The van der Waals surface area contributed by atoms with Crippen LogP contribution in [0.2, 0.25) is 0 Å². The van der Waals surface area contributed by atoms with Crippen molar-refractivity contribution in [2.24, 2.45) is 0 Å². The van der Waals surface area contributed by atoms with Crippen molar-refractivity contribution in [1.82, 2.24) is 10.6 Å². The number of anilines is 1. The van der Waals surface area contributed by atoms with Crippen LogP contribution < -0.4 is 16.0 Å². The number of carbonyl (C=O) groups is 2. The van der Waals surface area contributed by atoms with Crippen molar-refractivity contribution in [2.75, 3.05) is 11.9 Å². The van der Waals surface area contributed by atoms with Gasteiger partial charge in [0.05, 0.1) is 6.04 Å². The van der Waals surface area contributed by atoms with Crippen molar-refractivity contribution in [2.45, 2.75) is 57.0 Å². The summed E-state index contributed by atoms with van der Waals surface area (Å²) in [5, 5.41) is 9.22. The quantitative estimate of drug-likeness (QED) is 0.781. The molecule has 1 heterocycles. The number of carbonyl (C=O) groups excluding carboxylic acids is 2. The van der Waals surface area contributed by atoms with Gasteiger partial charge in [-0.05, 0) is 56.5 Å². The van der Waals surface area contributed by atoms with Crippen LogP contribution in [-0.2, 0) is 4.79 Å². The van der Waals surface area contributed by atoms with Crippen LogP contribution in [0.1, 0.15) is 55.3 Å². The molecule has 2 amide bonds. The van der Waals surface area contributed by atoms with Gasteiger partial charge in [-0.15, -0.1) is 12.4 Å². The lowest BCUT2D eigenvalue weighted by atomic mass is 10.0. The Morgan fingerprint density at radius 3 is 2.25 bits per heavy atom. The van der Waals surface area contributed by atoms with Gasteiger partial charge < -0.3 is 16.0 Å². The van der Waals surface area contributed by atoms with Gasteiger partial charge in [-0.2, -0.15) is 0 Å². The lowest BCUT2D eigenvalue weighted by molar-refractivity contribution is -0.118. The number of nitrogens with one attached hydrogen (secondary N) is 3. The first-order chi connectivity index (χ1) is 11.2. The van der Waals surface area contributed by atoms with E-state index in [0.717, 1.165) is 44.3 Å². The molecule has 0 radical (unpaired) electrons. The molecular formula is C18H26ClN3O2. The summed E-state index contributed by atoms with van der Waals surface area (Å²) in [7, 11) is 0. The van der Waals surface area contributed by atoms with E-state index in [0.29, 0.717) is 11.6 Å². The summed E-state index contributed by atoms with van der Waals surface area (Å²) in [4.78, 5) is 24.3. The molecule has 6 heteroatoms. The van der Waals surface area contributed by atoms with E-state index < -0.39 is 0 Å². The number of benzene rings is 1. The van der Waals surface area contributed by atoms with Crippen LogP contribution in [-0.4, -0.2) is 30.4 Å². The zero-order valence-electron chi connectivity index (χ0n) is 13.8. The first kappa shape index (κ1) is 18.7. The summed E-state index contributed by atoms with van der Waals surface area (Å²) in [6, 6.07) is 7.35. The number of hydrogen-bond donors (Lipinski definition) is 3. The van der Waals surface area contributed by atoms with Crippen LogP contribution in [0.4, 0.5) is 5.69 Å². The Hall–Kier alpha value is -1.59. The molecular weight excluding hydrogens is 326 g/mol. The molecule has 1 aliphatic heterocycles. The second kappa shape index (κ2) is 9.04. The van der Waals surface area contributed by atoms with Crippen molar-refractivity contribution in [1.29, 1.82) is 0 Å². The number of amides is 2. The first-order valence-corrected chi connectivity index (χ1v) is 8.67. The molecule has 132 valence electrons. The van der Waals surface area contributed by atoms with Crippen LogP contribution in [0.25, 0.3) is 0 Å². The van der Waals surface area contributed by atoms with E-state index in [9.17, 15) is 9.59 Å². The molecule has 2 aliphatic rings. The maximum Gasteiger partial charge on any atom is 0.251 e. The molecule has 5 nitrogen and oxygen atoms in total. The van der Waals surface area contributed by atoms with Crippen LogP contribution in [0.5, 0.6) is 0 Å². The minimum atomic E-state index is -0.103. The van der Waals surface area contributed by atoms with Gasteiger partial charge in [0.15, 0.2) is 0 Å². The molecule has 1 saturated carbocycles. The highest BCUT2D eigenvalue weighted by atomic mass is 35.5. The summed E-state index contributed by atoms with van der Waals surface area (Å²) in [6.07, 6.45) is 7.66. The number of halogens is 1. The maximum absolute atomic E-state index is 12.2. The van der Waals surface area contributed by atoms with Crippen molar-refractivity contribution in [3.8, 4) is 0 Å². The second-order valence-corrected chi connectivity index (χ2v) is 6.52. The number of piperidine rings is 1. The van der Waals surface area contributed by atoms with Gasteiger partial charge in [0.25, 0.3) is 5.91 Å². The molecule has 1 unspecified atom stereocenters. The van der Waals surface area contributed by atoms with Crippen LogP contribution >= 0.6 is 12.4 Å². The van der Waals surface area contributed by atoms with E-state index in [2.05, 4.69) is 16.0 Å². The molecule has 3 rings (SSSR count). The minimum absolute atomic E-state index is 0. The third kappa shape index (κ3) is 4.95. The highest BCUT2D eigenvalue weighted by Gasteiger charge is 2.21. The highest BCUT2D eigenvalue weighted by Crippen LogP contribution is 2.18. The van der Waals surface area contributed by atoms with Crippen LogP contribution in [0, 0.1) is 0 Å². The SMILES string of the molecule is Cl.O=C(NC1CCCC1)c1ccc(NC(=O)C2CCCCN2)cc1. The molecule has 1 atom stereocenters. The molecule has 1 saturated heterocycles. The number of rotatable bonds is 4. The molecule has 1 aliphatic carbocycles. The fourth-order valence-electron chi connectivity index (χ4n) is 3.35. The molecule has 0 spiro atoms. The Bertz CT molecular complexity index is 550. The average molecular weight is 352 g/mol. The Kier molecular flexibility index (Phi) is 7.06. The van der Waals surface area contributed by atoms with Crippen molar-refractivity contribution >= 4 is 29.9 Å². The predicted molar refractivity (Wildman–Crippen MR) is 97.7 cm³/mol. The van der Waals surface area contributed by atoms with E-state index in [-0.39, 0.29) is 30.3 Å². The fourth-order valence-corrected chi connectivity index (χ4v) is 3.35.